The van der Waals surface area contributed by atoms with Crippen LogP contribution in [0.5, 0.6) is 5.75 Å². The lowest BCUT2D eigenvalue weighted by atomic mass is 10.3. The Hall–Kier alpha value is -1.66. The lowest BCUT2D eigenvalue weighted by Crippen LogP contribution is -2.37. The first-order valence-electron chi connectivity index (χ1n) is 6.16. The second-order valence-corrected chi connectivity index (χ2v) is 4.39. The highest BCUT2D eigenvalue weighted by molar-refractivity contribution is 5.51. The normalized spacial score (nSPS) is 17.3. The molecule has 2 aromatic heterocycles. The van der Waals surface area contributed by atoms with Crippen LogP contribution in [0.4, 0.5) is 0 Å². The Labute approximate surface area is 105 Å². The van der Waals surface area contributed by atoms with Crippen molar-refractivity contribution in [2.45, 2.75) is 6.42 Å². The maximum atomic E-state index is 9.65. The van der Waals surface area contributed by atoms with Crippen molar-refractivity contribution in [3.8, 4) is 5.75 Å². The van der Waals surface area contributed by atoms with Crippen molar-refractivity contribution in [2.24, 2.45) is 0 Å². The van der Waals surface area contributed by atoms with Crippen LogP contribution in [0.2, 0.25) is 0 Å². The van der Waals surface area contributed by atoms with E-state index in [1.807, 2.05) is 0 Å². The van der Waals surface area contributed by atoms with Crippen LogP contribution in [0.3, 0.4) is 0 Å². The highest BCUT2D eigenvalue weighted by Gasteiger charge is 2.12. The smallest absolute Gasteiger partial charge is 0.197 e. The van der Waals surface area contributed by atoms with Crippen LogP contribution < -0.4 is 0 Å². The predicted molar refractivity (Wildman–Crippen MR) is 65.6 cm³/mol. The van der Waals surface area contributed by atoms with Crippen LogP contribution in [0.1, 0.15) is 5.82 Å². The summed E-state index contributed by atoms with van der Waals surface area (Å²) in [7, 11) is 0. The van der Waals surface area contributed by atoms with E-state index >= 15 is 0 Å². The summed E-state index contributed by atoms with van der Waals surface area (Å²) >= 11 is 0. The molecule has 0 saturated carbocycles. The van der Waals surface area contributed by atoms with E-state index in [-0.39, 0.29) is 5.75 Å². The number of pyridine rings is 1. The molecule has 0 spiro atoms. The number of hydrogen-bond acceptors (Lipinski definition) is 5. The van der Waals surface area contributed by atoms with Gasteiger partial charge in [-0.1, -0.05) is 0 Å². The molecule has 6 nitrogen and oxygen atoms in total. The largest absolute Gasteiger partial charge is 0.504 e. The van der Waals surface area contributed by atoms with Crippen LogP contribution in [0, 0.1) is 0 Å². The van der Waals surface area contributed by atoms with Crippen molar-refractivity contribution in [3.05, 3.63) is 24.2 Å². The molecule has 6 heteroatoms. The van der Waals surface area contributed by atoms with Gasteiger partial charge < -0.3 is 9.84 Å². The van der Waals surface area contributed by atoms with E-state index in [1.165, 1.54) is 0 Å². The van der Waals surface area contributed by atoms with Gasteiger partial charge in [0.25, 0.3) is 0 Å². The van der Waals surface area contributed by atoms with E-state index in [0.717, 1.165) is 45.1 Å². The summed E-state index contributed by atoms with van der Waals surface area (Å²) in [4.78, 5) is 6.68. The molecule has 1 fully saturated rings. The quantitative estimate of drug-likeness (QED) is 0.847. The molecule has 2 aromatic rings. The molecule has 1 saturated heterocycles. The molecule has 3 rings (SSSR count). The second kappa shape index (κ2) is 4.91. The molecule has 0 aliphatic carbocycles. The maximum absolute atomic E-state index is 9.65. The molecular formula is C12H16N4O2. The van der Waals surface area contributed by atoms with Gasteiger partial charge >= 0.3 is 0 Å². The summed E-state index contributed by atoms with van der Waals surface area (Å²) in [6.07, 6.45) is 2.58. The van der Waals surface area contributed by atoms with E-state index in [9.17, 15) is 5.11 Å². The maximum Gasteiger partial charge on any atom is 0.197 e. The second-order valence-electron chi connectivity index (χ2n) is 4.39. The lowest BCUT2D eigenvalue weighted by molar-refractivity contribution is 0.0382. The molecule has 1 aliphatic rings. The van der Waals surface area contributed by atoms with Gasteiger partial charge in [-0.25, -0.2) is 9.50 Å². The van der Waals surface area contributed by atoms with Crippen molar-refractivity contribution < 1.29 is 9.84 Å². The van der Waals surface area contributed by atoms with E-state index in [0.29, 0.717) is 5.65 Å². The Bertz CT molecular complexity index is 534. The fourth-order valence-corrected chi connectivity index (χ4v) is 2.13. The van der Waals surface area contributed by atoms with Gasteiger partial charge in [0.2, 0.25) is 0 Å². The minimum atomic E-state index is 0.169. The lowest BCUT2D eigenvalue weighted by Gasteiger charge is -2.25. The zero-order valence-corrected chi connectivity index (χ0v) is 10.1. The van der Waals surface area contributed by atoms with Gasteiger partial charge in [-0.2, -0.15) is 5.10 Å². The van der Waals surface area contributed by atoms with Crippen LogP contribution >= 0.6 is 0 Å². The number of rotatable bonds is 3. The minimum Gasteiger partial charge on any atom is -0.504 e. The van der Waals surface area contributed by atoms with Gasteiger partial charge in [-0.3, -0.25) is 4.90 Å². The first kappa shape index (κ1) is 11.4. The summed E-state index contributed by atoms with van der Waals surface area (Å²) in [6, 6.07) is 3.37. The zero-order chi connectivity index (χ0) is 12.4. The molecule has 3 heterocycles. The van der Waals surface area contributed by atoms with Crippen molar-refractivity contribution >= 4 is 5.65 Å². The Morgan fingerprint density at radius 3 is 2.94 bits per heavy atom. The monoisotopic (exact) mass is 248 g/mol. The number of fused-ring (bicyclic) bond motifs is 1. The number of ether oxygens (including phenoxy) is 1. The van der Waals surface area contributed by atoms with Gasteiger partial charge in [0.05, 0.1) is 13.2 Å². The Balaban J connectivity index is 1.69. The molecule has 18 heavy (non-hydrogen) atoms. The molecule has 0 aromatic carbocycles. The summed E-state index contributed by atoms with van der Waals surface area (Å²) in [5.74, 6) is 0.936. The molecule has 0 amide bonds. The molecule has 0 radical (unpaired) electrons. The number of morpholine rings is 1. The van der Waals surface area contributed by atoms with Gasteiger partial charge in [0, 0.05) is 32.3 Å². The fraction of sp³-hybridized carbons (Fsp3) is 0.500. The number of aromatic hydroxyl groups is 1. The van der Waals surface area contributed by atoms with Gasteiger partial charge in [0.1, 0.15) is 0 Å². The Morgan fingerprint density at radius 2 is 2.17 bits per heavy atom. The van der Waals surface area contributed by atoms with Crippen molar-refractivity contribution in [1.82, 2.24) is 19.5 Å². The van der Waals surface area contributed by atoms with E-state index < -0.39 is 0 Å². The molecule has 1 aliphatic heterocycles. The van der Waals surface area contributed by atoms with Crippen LogP contribution in [0.15, 0.2) is 18.3 Å². The first-order chi connectivity index (χ1) is 8.83. The third-order valence-electron chi connectivity index (χ3n) is 3.14. The van der Waals surface area contributed by atoms with E-state index in [4.69, 9.17) is 4.74 Å². The molecule has 0 unspecified atom stereocenters. The molecule has 0 atom stereocenters. The van der Waals surface area contributed by atoms with Crippen molar-refractivity contribution in [1.29, 1.82) is 0 Å². The Kier molecular flexibility index (Phi) is 3.12. The average Bonchev–Trinajstić information content (AvgIpc) is 2.82. The van der Waals surface area contributed by atoms with E-state index in [2.05, 4.69) is 15.0 Å². The molecular weight excluding hydrogens is 232 g/mol. The summed E-state index contributed by atoms with van der Waals surface area (Å²) < 4.78 is 6.92. The van der Waals surface area contributed by atoms with Crippen LogP contribution in [-0.2, 0) is 11.2 Å². The third kappa shape index (κ3) is 2.30. The summed E-state index contributed by atoms with van der Waals surface area (Å²) in [6.45, 7) is 4.48. The highest BCUT2D eigenvalue weighted by Crippen LogP contribution is 2.15. The topological polar surface area (TPSA) is 62.9 Å². The van der Waals surface area contributed by atoms with Gasteiger partial charge in [-0.15, -0.1) is 0 Å². The number of hydrogen-bond donors (Lipinski definition) is 1. The van der Waals surface area contributed by atoms with E-state index in [1.54, 1.807) is 22.8 Å². The van der Waals surface area contributed by atoms with Crippen molar-refractivity contribution in [3.63, 3.8) is 0 Å². The third-order valence-corrected chi connectivity index (χ3v) is 3.14. The highest BCUT2D eigenvalue weighted by atomic mass is 16.5. The van der Waals surface area contributed by atoms with Crippen LogP contribution in [-0.4, -0.2) is 57.5 Å². The molecule has 1 N–H and O–H groups in total. The first-order valence-corrected chi connectivity index (χ1v) is 6.16. The predicted octanol–water partition coefficient (Wildman–Crippen LogP) is 0.310. The van der Waals surface area contributed by atoms with Crippen molar-refractivity contribution in [2.75, 3.05) is 32.8 Å². The minimum absolute atomic E-state index is 0.169. The number of nitrogens with zero attached hydrogens (tertiary/aromatic N) is 4. The fourth-order valence-electron chi connectivity index (χ4n) is 2.13. The standard InChI is InChI=1S/C12H16N4O2/c17-10-2-1-4-16-12(10)13-11(14-16)3-5-15-6-8-18-9-7-15/h1-2,4,17H,3,5-9H2. The zero-order valence-electron chi connectivity index (χ0n) is 10.1. The average molecular weight is 248 g/mol. The SMILES string of the molecule is Oc1cccn2nc(CCN3CCOCC3)nc12. The molecule has 96 valence electrons. The van der Waals surface area contributed by atoms with Gasteiger partial charge in [-0.05, 0) is 12.1 Å². The Morgan fingerprint density at radius 1 is 1.33 bits per heavy atom. The van der Waals surface area contributed by atoms with Gasteiger partial charge in [0.15, 0.2) is 17.2 Å². The number of aromatic nitrogens is 3. The summed E-state index contributed by atoms with van der Waals surface area (Å²) in [5.41, 5.74) is 0.523. The summed E-state index contributed by atoms with van der Waals surface area (Å²) in [5, 5.41) is 14.0. The van der Waals surface area contributed by atoms with Crippen LogP contribution in [0.25, 0.3) is 5.65 Å². The molecule has 0 bridgehead atoms.